The maximum absolute atomic E-state index is 13.7. The molecule has 1 aromatic carbocycles. The number of ketones is 1. The fourth-order valence-electron chi connectivity index (χ4n) is 5.14. The smallest absolute Gasteiger partial charge is 0.331 e. The number of ether oxygens (including phenoxy) is 1. The second-order valence-electron chi connectivity index (χ2n) is 10.5. The lowest BCUT2D eigenvalue weighted by molar-refractivity contribution is -0.150. The van der Waals surface area contributed by atoms with E-state index in [4.69, 9.17) is 4.74 Å². The number of barbiturate groups is 1. The van der Waals surface area contributed by atoms with E-state index in [2.05, 4.69) is 10.0 Å². The number of urea groups is 1. The quantitative estimate of drug-likeness (QED) is 0.449. The Bertz CT molecular complexity index is 1020. The van der Waals surface area contributed by atoms with Gasteiger partial charge in [-0.2, -0.15) is 0 Å². The van der Waals surface area contributed by atoms with Gasteiger partial charge in [-0.3, -0.25) is 24.6 Å². The number of nitrogens with zero attached hydrogens (tertiary/aromatic N) is 1. The summed E-state index contributed by atoms with van der Waals surface area (Å²) in [5, 5.41) is 2.21. The van der Waals surface area contributed by atoms with Gasteiger partial charge in [-0.25, -0.2) is 4.79 Å². The van der Waals surface area contributed by atoms with Crippen molar-refractivity contribution in [3.8, 4) is 0 Å². The van der Waals surface area contributed by atoms with Gasteiger partial charge in [0.2, 0.25) is 5.91 Å². The molecule has 0 aromatic heterocycles. The summed E-state index contributed by atoms with van der Waals surface area (Å²) in [6.45, 7) is 6.33. The molecule has 3 aliphatic rings. The van der Waals surface area contributed by atoms with Crippen LogP contribution in [0.4, 0.5) is 4.79 Å². The molecule has 0 spiro atoms. The maximum atomic E-state index is 13.7. The second kappa shape index (κ2) is 10.0. The molecule has 9 nitrogen and oxygen atoms in total. The number of aryl methyl sites for hydroxylation is 1. The Morgan fingerprint density at radius 1 is 1.23 bits per heavy atom. The van der Waals surface area contributed by atoms with Gasteiger partial charge in [0, 0.05) is 37.0 Å². The molecule has 2 fully saturated rings. The molecule has 3 atom stereocenters. The van der Waals surface area contributed by atoms with Crippen LogP contribution < -0.4 is 10.0 Å². The summed E-state index contributed by atoms with van der Waals surface area (Å²) in [6.07, 6.45) is 2.84. The molecule has 35 heavy (non-hydrogen) atoms. The third kappa shape index (κ3) is 5.16. The minimum Gasteiger partial charge on any atom is -0.598 e. The summed E-state index contributed by atoms with van der Waals surface area (Å²) in [7, 11) is 0. The van der Waals surface area contributed by atoms with Crippen LogP contribution in [-0.4, -0.2) is 57.1 Å². The van der Waals surface area contributed by atoms with E-state index < -0.39 is 57.2 Å². The van der Waals surface area contributed by atoms with Crippen molar-refractivity contribution in [2.45, 2.75) is 75.6 Å². The molecule has 2 unspecified atom stereocenters. The van der Waals surface area contributed by atoms with Gasteiger partial charge in [0.25, 0.3) is 5.91 Å². The van der Waals surface area contributed by atoms with Gasteiger partial charge >= 0.3 is 6.03 Å². The molecule has 4 rings (SSSR count). The Morgan fingerprint density at radius 3 is 2.60 bits per heavy atom. The number of hydrogen-bond acceptors (Lipinski definition) is 7. The molecular formula is C25H33N3O6S. The third-order valence-electron chi connectivity index (χ3n) is 6.98. The summed E-state index contributed by atoms with van der Waals surface area (Å²) < 4.78 is 21.2. The maximum Gasteiger partial charge on any atom is 0.331 e. The first kappa shape index (κ1) is 25.8. The van der Waals surface area contributed by atoms with E-state index in [1.807, 2.05) is 45.0 Å². The highest BCUT2D eigenvalue weighted by atomic mass is 32.2. The van der Waals surface area contributed by atoms with Gasteiger partial charge in [0.05, 0.1) is 5.54 Å². The number of carbonyl (C=O) groups is 4. The van der Waals surface area contributed by atoms with Gasteiger partial charge in [-0.05, 0) is 64.0 Å². The van der Waals surface area contributed by atoms with Crippen LogP contribution in [0.1, 0.15) is 64.0 Å². The molecule has 1 aliphatic carbocycles. The fraction of sp³-hybridized carbons (Fsp3) is 0.600. The number of Topliss-reactive ketones (excluding diaryl/α,β-unsaturated/α-hetero) is 1. The molecular weight excluding hydrogens is 470 g/mol. The van der Waals surface area contributed by atoms with Crippen molar-refractivity contribution < 1.29 is 28.5 Å². The van der Waals surface area contributed by atoms with Crippen molar-refractivity contribution in [1.82, 2.24) is 14.9 Å². The first-order valence-electron chi connectivity index (χ1n) is 12.1. The SMILES string of the molecule is CC(C)(C)[S+]([O-])N[C@@]1(CC(=O)C2C(=O)NC(=O)N(C3CCOCC3)C2=O)CCCc2ccccc21. The minimum atomic E-state index is -1.62. The summed E-state index contributed by atoms with van der Waals surface area (Å²) in [5.41, 5.74) is 0.914. The monoisotopic (exact) mass is 503 g/mol. The molecule has 1 aromatic rings. The molecule has 4 amide bonds. The van der Waals surface area contributed by atoms with E-state index in [1.165, 1.54) is 0 Å². The molecule has 10 heteroatoms. The van der Waals surface area contributed by atoms with Gasteiger partial charge in [0.1, 0.15) is 4.75 Å². The molecule has 0 bridgehead atoms. The first-order chi connectivity index (χ1) is 16.5. The van der Waals surface area contributed by atoms with Crippen molar-refractivity contribution in [2.75, 3.05) is 13.2 Å². The lowest BCUT2D eigenvalue weighted by atomic mass is 9.73. The van der Waals surface area contributed by atoms with Crippen LogP contribution in [0.5, 0.6) is 0 Å². The predicted octanol–water partition coefficient (Wildman–Crippen LogP) is 2.10. The number of benzene rings is 1. The Balaban J connectivity index is 1.65. The van der Waals surface area contributed by atoms with Crippen LogP contribution in [-0.2, 0) is 42.4 Å². The molecule has 2 aliphatic heterocycles. The van der Waals surface area contributed by atoms with Crippen LogP contribution in [0.3, 0.4) is 0 Å². The molecule has 2 heterocycles. The average molecular weight is 504 g/mol. The standard InChI is InChI=1S/C25H33N3O6S/c1-24(2,3)35(33)27-25(12-6-8-16-7-4-5-9-18(16)25)15-19(29)20-21(30)26-23(32)28(22(20)31)17-10-13-34-14-11-17/h4-5,7,9,17,20,27H,6,8,10-15H2,1-3H3,(H,26,30,32)/t20?,25-,35?/m1/s1. The predicted molar refractivity (Wildman–Crippen MR) is 129 cm³/mol. The van der Waals surface area contributed by atoms with Crippen LogP contribution in [0.2, 0.25) is 0 Å². The van der Waals surface area contributed by atoms with Crippen molar-refractivity contribution >= 4 is 35.0 Å². The highest BCUT2D eigenvalue weighted by Crippen LogP contribution is 2.41. The van der Waals surface area contributed by atoms with Crippen molar-refractivity contribution in [2.24, 2.45) is 5.92 Å². The normalized spacial score (nSPS) is 26.8. The van der Waals surface area contributed by atoms with Gasteiger partial charge < -0.3 is 9.29 Å². The summed E-state index contributed by atoms with van der Waals surface area (Å²) in [4.78, 5) is 53.3. The zero-order valence-corrected chi connectivity index (χ0v) is 21.2. The average Bonchev–Trinajstić information content (AvgIpc) is 2.79. The van der Waals surface area contributed by atoms with Gasteiger partial charge in [0.15, 0.2) is 11.7 Å². The summed E-state index contributed by atoms with van der Waals surface area (Å²) in [6, 6.07) is 6.48. The van der Waals surface area contributed by atoms with Gasteiger partial charge in [-0.1, -0.05) is 24.3 Å². The van der Waals surface area contributed by atoms with E-state index in [-0.39, 0.29) is 6.42 Å². The molecule has 2 saturated heterocycles. The van der Waals surface area contributed by atoms with Crippen molar-refractivity contribution in [3.05, 3.63) is 35.4 Å². The van der Waals surface area contributed by atoms with E-state index >= 15 is 0 Å². The number of carbonyl (C=O) groups excluding carboxylic acids is 4. The largest absolute Gasteiger partial charge is 0.598 e. The Labute approximate surface area is 208 Å². The molecule has 0 saturated carbocycles. The number of amides is 4. The Kier molecular flexibility index (Phi) is 7.38. The second-order valence-corrected chi connectivity index (χ2v) is 12.5. The third-order valence-corrected chi connectivity index (χ3v) is 8.66. The highest BCUT2D eigenvalue weighted by molar-refractivity contribution is 7.90. The minimum absolute atomic E-state index is 0.189. The van der Waals surface area contributed by atoms with Crippen LogP contribution in [0.25, 0.3) is 0 Å². The topological polar surface area (TPSA) is 128 Å². The summed E-state index contributed by atoms with van der Waals surface area (Å²) >= 11 is -1.50. The first-order valence-corrected chi connectivity index (χ1v) is 13.2. The number of hydrogen-bond donors (Lipinski definition) is 2. The Hall–Kier alpha value is -2.27. The van der Waals surface area contributed by atoms with Crippen molar-refractivity contribution in [1.29, 1.82) is 0 Å². The number of imide groups is 2. The highest BCUT2D eigenvalue weighted by Gasteiger charge is 2.51. The van der Waals surface area contributed by atoms with Crippen molar-refractivity contribution in [3.63, 3.8) is 0 Å². The Morgan fingerprint density at radius 2 is 1.91 bits per heavy atom. The van der Waals surface area contributed by atoms with E-state index in [9.17, 15) is 23.7 Å². The van der Waals surface area contributed by atoms with E-state index in [1.54, 1.807) is 0 Å². The van der Waals surface area contributed by atoms with Crippen LogP contribution in [0, 0.1) is 5.92 Å². The molecule has 2 N–H and O–H groups in total. The molecule has 190 valence electrons. The van der Waals surface area contributed by atoms with Gasteiger partial charge in [-0.15, -0.1) is 4.72 Å². The number of nitrogens with one attached hydrogen (secondary N) is 2. The lowest BCUT2D eigenvalue weighted by Crippen LogP contribution is -2.64. The fourth-order valence-corrected chi connectivity index (χ4v) is 6.08. The zero-order valence-electron chi connectivity index (χ0n) is 20.4. The van der Waals surface area contributed by atoms with Crippen LogP contribution in [0.15, 0.2) is 24.3 Å². The number of fused-ring (bicyclic) bond motifs is 1. The summed E-state index contributed by atoms with van der Waals surface area (Å²) in [5.74, 6) is -3.89. The zero-order chi connectivity index (χ0) is 25.4. The van der Waals surface area contributed by atoms with E-state index in [0.29, 0.717) is 32.5 Å². The molecule has 0 radical (unpaired) electrons. The van der Waals surface area contributed by atoms with E-state index in [0.717, 1.165) is 28.9 Å². The number of rotatable bonds is 6. The van der Waals surface area contributed by atoms with Crippen LogP contribution >= 0.6 is 0 Å². The lowest BCUT2D eigenvalue weighted by Gasteiger charge is -2.42.